The molecule has 0 radical (unpaired) electrons. The number of rotatable bonds is 8. The number of aromatic nitrogens is 4. The van der Waals surface area contributed by atoms with Crippen molar-refractivity contribution in [2.24, 2.45) is 5.73 Å². The molecule has 4 atom stereocenters. The average molecular weight is 546 g/mol. The van der Waals surface area contributed by atoms with Gasteiger partial charge in [0.05, 0.1) is 29.9 Å². The first-order valence-electron chi connectivity index (χ1n) is 12.9. The molecule has 1 saturated heterocycles. The highest BCUT2D eigenvalue weighted by atomic mass is 35.5. The summed E-state index contributed by atoms with van der Waals surface area (Å²) >= 11 is 6.32. The normalized spacial score (nSPS) is 22.1. The van der Waals surface area contributed by atoms with E-state index in [2.05, 4.69) is 20.5 Å². The number of aryl methyl sites for hydroxylation is 2. The molecule has 4 heterocycles. The van der Waals surface area contributed by atoms with Crippen molar-refractivity contribution < 1.29 is 18.7 Å². The third-order valence-electron chi connectivity index (χ3n) is 7.36. The van der Waals surface area contributed by atoms with Crippen molar-refractivity contribution in [2.45, 2.75) is 63.9 Å². The summed E-state index contributed by atoms with van der Waals surface area (Å²) in [7, 11) is 1.63. The first-order valence-corrected chi connectivity index (χ1v) is 13.3. The summed E-state index contributed by atoms with van der Waals surface area (Å²) in [5.74, 6) is -0.439. The van der Waals surface area contributed by atoms with E-state index in [0.717, 1.165) is 11.3 Å². The Labute approximate surface area is 225 Å². The van der Waals surface area contributed by atoms with Crippen LogP contribution in [0.4, 0.5) is 10.2 Å². The number of hydrogen-bond donors (Lipinski definition) is 2. The molecule has 4 unspecified atom stereocenters. The number of halogens is 2. The number of amides is 1. The Morgan fingerprint density at radius 1 is 1.34 bits per heavy atom. The molecule has 3 aromatic heterocycles. The maximum absolute atomic E-state index is 15.2. The van der Waals surface area contributed by atoms with Gasteiger partial charge in [-0.25, -0.2) is 9.37 Å². The van der Waals surface area contributed by atoms with E-state index >= 15 is 4.39 Å². The maximum Gasteiger partial charge on any atom is 0.272 e. The average Bonchev–Trinajstić information content (AvgIpc) is 3.44. The Hall–Kier alpha value is -2.86. The minimum atomic E-state index is -0.403. The molecule has 2 aliphatic rings. The monoisotopic (exact) mass is 545 g/mol. The second-order valence-electron chi connectivity index (χ2n) is 10.0. The molecule has 38 heavy (non-hydrogen) atoms. The van der Waals surface area contributed by atoms with Gasteiger partial charge < -0.3 is 30.0 Å². The first kappa shape index (κ1) is 26.7. The Bertz CT molecular complexity index is 1340. The van der Waals surface area contributed by atoms with Crippen LogP contribution in [0.2, 0.25) is 5.02 Å². The van der Waals surface area contributed by atoms with Crippen LogP contribution in [0.15, 0.2) is 18.3 Å². The highest BCUT2D eigenvalue weighted by Crippen LogP contribution is 2.29. The minimum Gasteiger partial charge on any atom is -0.379 e. The highest BCUT2D eigenvalue weighted by molar-refractivity contribution is 6.35. The number of nitrogens with zero attached hydrogens (tertiary/aromatic N) is 5. The van der Waals surface area contributed by atoms with E-state index < -0.39 is 5.82 Å². The van der Waals surface area contributed by atoms with Crippen molar-refractivity contribution in [3.63, 3.8) is 0 Å². The summed E-state index contributed by atoms with van der Waals surface area (Å²) in [6, 6.07) is 2.77. The van der Waals surface area contributed by atoms with Crippen LogP contribution >= 0.6 is 11.6 Å². The number of nitrogens with one attached hydrogen (secondary N) is 1. The number of ether oxygens (including phenoxy) is 2. The van der Waals surface area contributed by atoms with E-state index in [1.807, 2.05) is 23.3 Å². The van der Waals surface area contributed by atoms with Gasteiger partial charge in [0.15, 0.2) is 23.0 Å². The highest BCUT2D eigenvalue weighted by Gasteiger charge is 2.34. The van der Waals surface area contributed by atoms with Gasteiger partial charge in [-0.2, -0.15) is 0 Å². The molecule has 0 spiro atoms. The van der Waals surface area contributed by atoms with Gasteiger partial charge in [-0.3, -0.25) is 4.79 Å². The van der Waals surface area contributed by atoms with Gasteiger partial charge in [-0.1, -0.05) is 11.6 Å². The van der Waals surface area contributed by atoms with E-state index in [4.69, 9.17) is 26.8 Å². The zero-order chi connectivity index (χ0) is 27.0. The lowest BCUT2D eigenvalue weighted by Gasteiger charge is -2.27. The topological polar surface area (TPSA) is 120 Å². The molecular formula is C26H33ClFN7O3. The number of fused-ring (bicyclic) bond motifs is 2. The number of hydrogen-bond acceptors (Lipinski definition) is 8. The molecule has 3 N–H and O–H groups in total. The SMILES string of the molecule is CCn1cc(Cl)c2cc(C(=O)NC3CCc4nc(N5CC(N)C(OCC(C)OC)C5)c(F)cc4C3)nnc21. The Morgan fingerprint density at radius 3 is 2.92 bits per heavy atom. The Kier molecular flexibility index (Phi) is 7.80. The minimum absolute atomic E-state index is 0.0425. The van der Waals surface area contributed by atoms with Gasteiger partial charge in [0, 0.05) is 50.1 Å². The van der Waals surface area contributed by atoms with Crippen molar-refractivity contribution in [1.82, 2.24) is 25.1 Å². The van der Waals surface area contributed by atoms with Crippen LogP contribution in [0.25, 0.3) is 11.0 Å². The molecular weight excluding hydrogens is 513 g/mol. The van der Waals surface area contributed by atoms with Gasteiger partial charge in [-0.05, 0) is 50.8 Å². The lowest BCUT2D eigenvalue weighted by Crippen LogP contribution is -2.39. The lowest BCUT2D eigenvalue weighted by atomic mass is 9.91. The second-order valence-corrected chi connectivity index (χ2v) is 10.4. The van der Waals surface area contributed by atoms with Crippen LogP contribution < -0.4 is 16.0 Å². The molecule has 1 aliphatic carbocycles. The zero-order valence-electron chi connectivity index (χ0n) is 21.8. The molecule has 0 bridgehead atoms. The maximum atomic E-state index is 15.2. The van der Waals surface area contributed by atoms with Crippen LogP contribution in [0, 0.1) is 5.82 Å². The number of methoxy groups -OCH3 is 1. The van der Waals surface area contributed by atoms with Gasteiger partial charge in [-0.15, -0.1) is 10.2 Å². The molecule has 5 rings (SSSR count). The fraction of sp³-hybridized carbons (Fsp3) is 0.538. The fourth-order valence-corrected chi connectivity index (χ4v) is 5.35. The van der Waals surface area contributed by atoms with E-state index in [1.165, 1.54) is 6.07 Å². The van der Waals surface area contributed by atoms with Crippen LogP contribution in [-0.4, -0.2) is 76.8 Å². The molecule has 12 heteroatoms. The predicted octanol–water partition coefficient (Wildman–Crippen LogP) is 2.49. The first-order chi connectivity index (χ1) is 18.3. The third kappa shape index (κ3) is 5.33. The molecule has 1 fully saturated rings. The van der Waals surface area contributed by atoms with E-state index in [0.29, 0.717) is 67.4 Å². The number of pyridine rings is 1. The molecule has 0 aromatic carbocycles. The third-order valence-corrected chi connectivity index (χ3v) is 7.66. The van der Waals surface area contributed by atoms with Gasteiger partial charge >= 0.3 is 0 Å². The van der Waals surface area contributed by atoms with Crippen LogP contribution in [0.3, 0.4) is 0 Å². The van der Waals surface area contributed by atoms with Crippen LogP contribution in [0.5, 0.6) is 0 Å². The second kappa shape index (κ2) is 11.1. The van der Waals surface area contributed by atoms with Gasteiger partial charge in [0.25, 0.3) is 5.91 Å². The van der Waals surface area contributed by atoms with Gasteiger partial charge in [0.2, 0.25) is 0 Å². The van der Waals surface area contributed by atoms with Crippen LogP contribution in [0.1, 0.15) is 42.0 Å². The van der Waals surface area contributed by atoms with Crippen molar-refractivity contribution >= 4 is 34.4 Å². The van der Waals surface area contributed by atoms with Crippen LogP contribution in [-0.2, 0) is 28.9 Å². The number of anilines is 1. The molecule has 204 valence electrons. The fourth-order valence-electron chi connectivity index (χ4n) is 5.10. The number of carbonyl (C=O) groups is 1. The molecule has 1 amide bonds. The number of carbonyl (C=O) groups excluding carboxylic acids is 1. The van der Waals surface area contributed by atoms with Crippen molar-refractivity contribution in [1.29, 1.82) is 0 Å². The summed E-state index contributed by atoms with van der Waals surface area (Å²) in [6.07, 6.45) is 3.30. The van der Waals surface area contributed by atoms with E-state index in [-0.39, 0.29) is 35.9 Å². The molecule has 10 nitrogen and oxygen atoms in total. The Balaban J connectivity index is 1.24. The standard InChI is InChI=1S/C26H33ClFN7O3/c1-4-34-10-18(27)17-9-22(32-33-24(17)34)26(36)30-16-5-6-21-15(7-16)8-19(28)25(31-21)35-11-20(29)23(12-35)38-13-14(2)37-3/h8-10,14,16,20,23H,4-7,11-13,29H2,1-3H3,(H,30,36). The van der Waals surface area contributed by atoms with Crippen molar-refractivity contribution in [3.05, 3.63) is 46.1 Å². The molecule has 3 aromatic rings. The zero-order valence-corrected chi connectivity index (χ0v) is 22.5. The largest absolute Gasteiger partial charge is 0.379 e. The van der Waals surface area contributed by atoms with Gasteiger partial charge in [0.1, 0.15) is 0 Å². The quantitative estimate of drug-likeness (QED) is 0.443. The number of nitrogens with two attached hydrogens (primary N) is 1. The molecule has 0 saturated carbocycles. The smallest absolute Gasteiger partial charge is 0.272 e. The Morgan fingerprint density at radius 2 is 2.16 bits per heavy atom. The summed E-state index contributed by atoms with van der Waals surface area (Å²) in [5.41, 5.74) is 8.73. The predicted molar refractivity (Wildman–Crippen MR) is 142 cm³/mol. The van der Waals surface area contributed by atoms with Crippen molar-refractivity contribution in [2.75, 3.05) is 31.7 Å². The summed E-state index contributed by atoms with van der Waals surface area (Å²) < 4.78 is 28.2. The van der Waals surface area contributed by atoms with E-state index in [9.17, 15) is 4.79 Å². The summed E-state index contributed by atoms with van der Waals surface area (Å²) in [6.45, 7) is 5.96. The lowest BCUT2D eigenvalue weighted by molar-refractivity contribution is -0.0166. The van der Waals surface area contributed by atoms with Crippen molar-refractivity contribution in [3.8, 4) is 0 Å². The summed E-state index contributed by atoms with van der Waals surface area (Å²) in [5, 5.41) is 12.5. The summed E-state index contributed by atoms with van der Waals surface area (Å²) in [4.78, 5) is 19.4. The van der Waals surface area contributed by atoms with E-state index in [1.54, 1.807) is 19.4 Å². The molecule has 1 aliphatic heterocycles.